The first-order chi connectivity index (χ1) is 10.6. The number of imidazole rings is 1. The molecule has 1 aromatic carbocycles. The molecule has 1 aliphatic heterocycles. The van der Waals surface area contributed by atoms with Crippen molar-refractivity contribution in [1.82, 2.24) is 14.9 Å². The van der Waals surface area contributed by atoms with Crippen LogP contribution in [0, 0.1) is 6.92 Å². The first-order valence-electron chi connectivity index (χ1n) is 7.75. The van der Waals surface area contributed by atoms with E-state index in [1.54, 1.807) is 0 Å². The van der Waals surface area contributed by atoms with Crippen LogP contribution in [-0.2, 0) is 6.54 Å². The van der Waals surface area contributed by atoms with Crippen LogP contribution < -0.4 is 5.32 Å². The molecule has 2 heterocycles. The van der Waals surface area contributed by atoms with E-state index in [4.69, 9.17) is 0 Å². The van der Waals surface area contributed by atoms with Crippen LogP contribution >= 0.6 is 15.9 Å². The van der Waals surface area contributed by atoms with Crippen LogP contribution in [0.25, 0.3) is 11.0 Å². The molecule has 118 valence electrons. The van der Waals surface area contributed by atoms with Gasteiger partial charge in [0.1, 0.15) is 0 Å². The lowest BCUT2D eigenvalue weighted by Crippen LogP contribution is -2.43. The third-order valence-electron chi connectivity index (χ3n) is 4.33. The molecule has 0 aliphatic carbocycles. The molecule has 0 spiro atoms. The normalized spacial score (nSPS) is 23.2. The van der Waals surface area contributed by atoms with Crippen molar-refractivity contribution < 1.29 is 5.11 Å². The van der Waals surface area contributed by atoms with Gasteiger partial charge in [-0.15, -0.1) is 0 Å². The number of nitrogens with zero attached hydrogens (tertiary/aromatic N) is 2. The van der Waals surface area contributed by atoms with E-state index in [0.717, 1.165) is 41.4 Å². The lowest BCUT2D eigenvalue weighted by Gasteiger charge is -2.27. The number of aliphatic hydroxyl groups is 1. The predicted molar refractivity (Wildman–Crippen MR) is 93.0 cm³/mol. The Morgan fingerprint density at radius 2 is 2.36 bits per heavy atom. The van der Waals surface area contributed by atoms with Crippen molar-refractivity contribution in [2.24, 2.45) is 0 Å². The fourth-order valence-electron chi connectivity index (χ4n) is 3.07. The Hall–Kier alpha value is -1.17. The van der Waals surface area contributed by atoms with Gasteiger partial charge in [-0.05, 0) is 50.9 Å². The number of aliphatic hydroxyl groups excluding tert-OH is 1. The molecule has 1 fully saturated rings. The number of rotatable bonds is 3. The van der Waals surface area contributed by atoms with Crippen molar-refractivity contribution in [2.45, 2.75) is 45.4 Å². The van der Waals surface area contributed by atoms with Crippen molar-refractivity contribution >= 4 is 27.0 Å². The SMILES string of the molecule is C/C(=C\C1NCCCC1O)Cn1cnc2c(C)c(Br)ccc21. The zero-order valence-electron chi connectivity index (χ0n) is 13.0. The average Bonchev–Trinajstić information content (AvgIpc) is 2.89. The molecule has 0 bridgehead atoms. The Kier molecular flexibility index (Phi) is 4.66. The molecule has 2 atom stereocenters. The highest BCUT2D eigenvalue weighted by Crippen LogP contribution is 2.25. The number of hydrogen-bond acceptors (Lipinski definition) is 3. The van der Waals surface area contributed by atoms with E-state index in [9.17, 15) is 5.11 Å². The molecule has 4 nitrogen and oxygen atoms in total. The van der Waals surface area contributed by atoms with E-state index >= 15 is 0 Å². The van der Waals surface area contributed by atoms with E-state index in [1.807, 2.05) is 6.33 Å². The van der Waals surface area contributed by atoms with Crippen LogP contribution in [-0.4, -0.2) is 33.3 Å². The first kappa shape index (κ1) is 15.7. The summed E-state index contributed by atoms with van der Waals surface area (Å²) in [5.74, 6) is 0. The summed E-state index contributed by atoms with van der Waals surface area (Å²) in [4.78, 5) is 4.53. The van der Waals surface area contributed by atoms with Gasteiger partial charge in [0, 0.05) is 11.0 Å². The smallest absolute Gasteiger partial charge is 0.0961 e. The van der Waals surface area contributed by atoms with E-state index in [-0.39, 0.29) is 12.1 Å². The quantitative estimate of drug-likeness (QED) is 0.823. The third kappa shape index (κ3) is 3.12. The molecule has 2 N–H and O–H groups in total. The number of halogens is 1. The van der Waals surface area contributed by atoms with Crippen LogP contribution in [0.2, 0.25) is 0 Å². The monoisotopic (exact) mass is 363 g/mol. The molecule has 5 heteroatoms. The maximum atomic E-state index is 10.1. The van der Waals surface area contributed by atoms with Crippen molar-refractivity contribution in [1.29, 1.82) is 0 Å². The second-order valence-corrected chi connectivity index (χ2v) is 6.97. The van der Waals surface area contributed by atoms with Crippen LogP contribution in [0.3, 0.4) is 0 Å². The molecular weight excluding hydrogens is 342 g/mol. The minimum atomic E-state index is -0.276. The highest BCUT2D eigenvalue weighted by atomic mass is 79.9. The van der Waals surface area contributed by atoms with Crippen molar-refractivity contribution in [3.63, 3.8) is 0 Å². The number of nitrogens with one attached hydrogen (secondary N) is 1. The number of hydrogen-bond donors (Lipinski definition) is 2. The third-order valence-corrected chi connectivity index (χ3v) is 5.19. The molecule has 22 heavy (non-hydrogen) atoms. The summed E-state index contributed by atoms with van der Waals surface area (Å²) in [5.41, 5.74) is 4.59. The Morgan fingerprint density at radius 3 is 3.14 bits per heavy atom. The molecule has 1 saturated heterocycles. The van der Waals surface area contributed by atoms with Gasteiger partial charge in [-0.1, -0.05) is 27.6 Å². The van der Waals surface area contributed by atoms with Gasteiger partial charge >= 0.3 is 0 Å². The van der Waals surface area contributed by atoms with Gasteiger partial charge < -0.3 is 15.0 Å². The van der Waals surface area contributed by atoms with Gasteiger partial charge in [-0.2, -0.15) is 0 Å². The predicted octanol–water partition coefficient (Wildman–Crippen LogP) is 3.17. The van der Waals surface area contributed by atoms with E-state index in [1.165, 1.54) is 11.1 Å². The van der Waals surface area contributed by atoms with Crippen LogP contribution in [0.15, 0.2) is 34.6 Å². The topological polar surface area (TPSA) is 50.1 Å². The fraction of sp³-hybridized carbons (Fsp3) is 0.471. The van der Waals surface area contributed by atoms with Crippen LogP contribution in [0.4, 0.5) is 0 Å². The standard InChI is InChI=1S/C17H22BrN3O/c1-11(8-14-16(22)4-3-7-19-14)9-21-10-20-17-12(2)13(18)5-6-15(17)21/h5-6,8,10,14,16,19,22H,3-4,7,9H2,1-2H3/b11-8+. The highest BCUT2D eigenvalue weighted by Gasteiger charge is 2.20. The number of aromatic nitrogens is 2. The molecule has 0 radical (unpaired) electrons. The highest BCUT2D eigenvalue weighted by molar-refractivity contribution is 9.10. The van der Waals surface area contributed by atoms with Gasteiger partial charge in [0.15, 0.2) is 0 Å². The Morgan fingerprint density at radius 1 is 1.55 bits per heavy atom. The number of piperidine rings is 1. The van der Waals surface area contributed by atoms with Crippen LogP contribution in [0.1, 0.15) is 25.3 Å². The summed E-state index contributed by atoms with van der Waals surface area (Å²) < 4.78 is 3.25. The maximum Gasteiger partial charge on any atom is 0.0961 e. The number of benzene rings is 1. The molecule has 0 saturated carbocycles. The van der Waals surface area contributed by atoms with E-state index in [2.05, 4.69) is 62.9 Å². The van der Waals surface area contributed by atoms with Crippen molar-refractivity contribution in [3.8, 4) is 0 Å². The van der Waals surface area contributed by atoms with Gasteiger partial charge in [-0.25, -0.2) is 4.98 Å². The summed E-state index contributed by atoms with van der Waals surface area (Å²) in [6.45, 7) is 5.96. The minimum Gasteiger partial charge on any atom is -0.391 e. The Bertz CT molecular complexity index is 707. The number of fused-ring (bicyclic) bond motifs is 1. The van der Waals surface area contributed by atoms with Crippen molar-refractivity contribution in [2.75, 3.05) is 6.54 Å². The Balaban J connectivity index is 1.82. The largest absolute Gasteiger partial charge is 0.391 e. The Labute approximate surface area is 139 Å². The van der Waals surface area contributed by atoms with Crippen molar-refractivity contribution in [3.05, 3.63) is 40.1 Å². The summed E-state index contributed by atoms with van der Waals surface area (Å²) >= 11 is 3.55. The molecule has 0 amide bonds. The van der Waals surface area contributed by atoms with E-state index in [0.29, 0.717) is 0 Å². The second-order valence-electron chi connectivity index (χ2n) is 6.12. The van der Waals surface area contributed by atoms with E-state index < -0.39 is 0 Å². The van der Waals surface area contributed by atoms with Gasteiger partial charge in [0.25, 0.3) is 0 Å². The lowest BCUT2D eigenvalue weighted by molar-refractivity contribution is 0.115. The first-order valence-corrected chi connectivity index (χ1v) is 8.54. The number of allylic oxidation sites excluding steroid dienone is 1. The summed E-state index contributed by atoms with van der Waals surface area (Å²) in [6.07, 6.45) is 5.70. The molecule has 3 rings (SSSR count). The summed E-state index contributed by atoms with van der Waals surface area (Å²) in [6, 6.07) is 4.24. The molecule has 1 aromatic heterocycles. The fourth-order valence-corrected chi connectivity index (χ4v) is 3.38. The van der Waals surface area contributed by atoms with Gasteiger partial charge in [0.05, 0.1) is 29.5 Å². The molecule has 2 aromatic rings. The zero-order valence-corrected chi connectivity index (χ0v) is 14.6. The molecular formula is C17H22BrN3O. The molecule has 1 aliphatic rings. The van der Waals surface area contributed by atoms with Crippen LogP contribution in [0.5, 0.6) is 0 Å². The minimum absolute atomic E-state index is 0.0689. The van der Waals surface area contributed by atoms with Gasteiger partial charge in [-0.3, -0.25) is 0 Å². The summed E-state index contributed by atoms with van der Waals surface area (Å²) in [7, 11) is 0. The second kappa shape index (κ2) is 6.52. The maximum absolute atomic E-state index is 10.1. The molecule has 2 unspecified atom stereocenters. The number of aryl methyl sites for hydroxylation is 1. The zero-order chi connectivity index (χ0) is 15.7. The summed E-state index contributed by atoms with van der Waals surface area (Å²) in [5, 5.41) is 13.4. The average molecular weight is 364 g/mol. The lowest BCUT2D eigenvalue weighted by atomic mass is 9.99. The van der Waals surface area contributed by atoms with Gasteiger partial charge in [0.2, 0.25) is 0 Å².